The number of hydrogen-bond donors (Lipinski definition) is 2. The number of carboxylic acid groups (broad SMARTS) is 1. The van der Waals surface area contributed by atoms with E-state index in [0.29, 0.717) is 29.4 Å². The summed E-state index contributed by atoms with van der Waals surface area (Å²) < 4.78 is 0. The number of aliphatic carboxylic acids is 1. The molecule has 1 aliphatic rings. The van der Waals surface area contributed by atoms with Crippen LogP contribution >= 0.6 is 35.6 Å². The van der Waals surface area contributed by atoms with Gasteiger partial charge < -0.3 is 5.11 Å². The van der Waals surface area contributed by atoms with Gasteiger partial charge in [-0.25, -0.2) is 0 Å². The fourth-order valence-corrected chi connectivity index (χ4v) is 2.86. The second kappa shape index (κ2) is 7.51. The molecule has 0 unspecified atom stereocenters. The molecule has 112 valence electrons. The molecular weight excluding hydrogens is 321 g/mol. The predicted molar refractivity (Wildman–Crippen MR) is 84.0 cm³/mol. The third-order valence-electron chi connectivity index (χ3n) is 3.73. The maximum Gasteiger partial charge on any atom is 0.323 e. The molecule has 0 heterocycles. The fourth-order valence-electron chi connectivity index (χ4n) is 2.54. The topological polar surface area (TPSA) is 49.3 Å². The minimum atomic E-state index is -0.787. The maximum absolute atomic E-state index is 11.5. The van der Waals surface area contributed by atoms with Gasteiger partial charge in [0.25, 0.3) is 0 Å². The van der Waals surface area contributed by atoms with Gasteiger partial charge in [-0.15, -0.1) is 12.4 Å². The Bertz CT molecular complexity index is 473. The van der Waals surface area contributed by atoms with Crippen molar-refractivity contribution in [1.82, 2.24) is 5.32 Å². The number of carbonyl (C=O) groups is 1. The molecule has 0 radical (unpaired) electrons. The normalized spacial score (nSPS) is 17.3. The zero-order valence-electron chi connectivity index (χ0n) is 11.0. The van der Waals surface area contributed by atoms with Gasteiger partial charge in [0.1, 0.15) is 5.54 Å². The van der Waals surface area contributed by atoms with Gasteiger partial charge in [-0.2, -0.15) is 0 Å². The van der Waals surface area contributed by atoms with E-state index < -0.39 is 11.5 Å². The van der Waals surface area contributed by atoms with Gasteiger partial charge in [-0.05, 0) is 30.5 Å². The number of nitrogens with one attached hydrogen (secondary N) is 1. The molecule has 0 spiro atoms. The smallest absolute Gasteiger partial charge is 0.323 e. The number of halogens is 3. The zero-order valence-corrected chi connectivity index (χ0v) is 13.3. The third kappa shape index (κ3) is 4.01. The fraction of sp³-hybridized carbons (Fsp3) is 0.500. The Morgan fingerprint density at radius 1 is 1.20 bits per heavy atom. The Kier molecular flexibility index (Phi) is 6.59. The number of rotatable bonds is 4. The first kappa shape index (κ1) is 17.6. The second-order valence-corrected chi connectivity index (χ2v) is 5.86. The van der Waals surface area contributed by atoms with E-state index in [0.717, 1.165) is 24.8 Å². The average Bonchev–Trinajstić information content (AvgIpc) is 2.41. The molecule has 2 N–H and O–H groups in total. The van der Waals surface area contributed by atoms with E-state index in [4.69, 9.17) is 23.2 Å². The molecule has 0 saturated heterocycles. The summed E-state index contributed by atoms with van der Waals surface area (Å²) in [5.74, 6) is -0.757. The monoisotopic (exact) mass is 337 g/mol. The Labute approximate surface area is 135 Å². The highest BCUT2D eigenvalue weighted by molar-refractivity contribution is 6.42. The molecule has 6 heteroatoms. The van der Waals surface area contributed by atoms with Crippen LogP contribution in [-0.2, 0) is 11.3 Å². The largest absolute Gasteiger partial charge is 0.480 e. The Morgan fingerprint density at radius 2 is 1.85 bits per heavy atom. The lowest BCUT2D eigenvalue weighted by atomic mass is 9.81. The molecule has 0 atom stereocenters. The van der Waals surface area contributed by atoms with E-state index in [1.54, 1.807) is 12.1 Å². The quantitative estimate of drug-likeness (QED) is 0.861. The van der Waals surface area contributed by atoms with Crippen molar-refractivity contribution in [1.29, 1.82) is 0 Å². The lowest BCUT2D eigenvalue weighted by Gasteiger charge is -2.34. The highest BCUT2D eigenvalue weighted by atomic mass is 35.5. The summed E-state index contributed by atoms with van der Waals surface area (Å²) >= 11 is 11.8. The Balaban J connectivity index is 0.00000200. The van der Waals surface area contributed by atoms with Crippen LogP contribution in [0.25, 0.3) is 0 Å². The van der Waals surface area contributed by atoms with Gasteiger partial charge in [0, 0.05) is 6.54 Å². The zero-order chi connectivity index (χ0) is 13.9. The molecule has 0 aliphatic heterocycles. The van der Waals surface area contributed by atoms with Gasteiger partial charge >= 0.3 is 5.97 Å². The molecule has 1 aromatic rings. The van der Waals surface area contributed by atoms with Crippen molar-refractivity contribution in [3.63, 3.8) is 0 Å². The van der Waals surface area contributed by atoms with Gasteiger partial charge in [0.2, 0.25) is 0 Å². The van der Waals surface area contributed by atoms with E-state index in [9.17, 15) is 9.90 Å². The summed E-state index contributed by atoms with van der Waals surface area (Å²) in [5.41, 5.74) is 0.158. The molecule has 20 heavy (non-hydrogen) atoms. The molecular formula is C14H18Cl3NO2. The van der Waals surface area contributed by atoms with Crippen molar-refractivity contribution in [3.8, 4) is 0 Å². The van der Waals surface area contributed by atoms with Gasteiger partial charge in [-0.1, -0.05) is 48.5 Å². The first-order valence-corrected chi connectivity index (χ1v) is 7.21. The van der Waals surface area contributed by atoms with Gasteiger partial charge in [0.05, 0.1) is 10.0 Å². The predicted octanol–water partition coefficient (Wildman–Crippen LogP) is 4.29. The van der Waals surface area contributed by atoms with Crippen molar-refractivity contribution in [2.24, 2.45) is 0 Å². The summed E-state index contributed by atoms with van der Waals surface area (Å²) in [6.07, 6.45) is 4.40. The lowest BCUT2D eigenvalue weighted by Crippen LogP contribution is -2.52. The van der Waals surface area contributed by atoms with Crippen molar-refractivity contribution in [2.45, 2.75) is 44.2 Å². The van der Waals surface area contributed by atoms with Crippen molar-refractivity contribution >= 4 is 41.6 Å². The molecule has 0 bridgehead atoms. The van der Waals surface area contributed by atoms with E-state index in [1.807, 2.05) is 6.07 Å². The van der Waals surface area contributed by atoms with Crippen molar-refractivity contribution in [3.05, 3.63) is 33.8 Å². The van der Waals surface area contributed by atoms with Crippen molar-refractivity contribution < 1.29 is 9.90 Å². The highest BCUT2D eigenvalue weighted by Crippen LogP contribution is 2.29. The standard InChI is InChI=1S/C14H17Cl2NO2.ClH/c15-11-5-4-10(8-12(11)16)9-17-14(13(18)19)6-2-1-3-7-14;/h4-5,8,17H,1-3,6-7,9H2,(H,18,19);1H. The lowest BCUT2D eigenvalue weighted by molar-refractivity contribution is -0.146. The molecule has 3 nitrogen and oxygen atoms in total. The first-order chi connectivity index (χ1) is 9.03. The summed E-state index contributed by atoms with van der Waals surface area (Å²) in [4.78, 5) is 11.5. The number of carboxylic acids is 1. The molecule has 1 fully saturated rings. The van der Waals surface area contributed by atoms with Crippen LogP contribution in [0.2, 0.25) is 10.0 Å². The third-order valence-corrected chi connectivity index (χ3v) is 4.47. The Hall–Kier alpha value is -0.480. The molecule has 0 amide bonds. The average molecular weight is 339 g/mol. The van der Waals surface area contributed by atoms with Crippen LogP contribution in [-0.4, -0.2) is 16.6 Å². The molecule has 2 rings (SSSR count). The number of benzene rings is 1. The molecule has 0 aromatic heterocycles. The van der Waals surface area contributed by atoms with Crippen LogP contribution in [0.5, 0.6) is 0 Å². The van der Waals surface area contributed by atoms with E-state index in [-0.39, 0.29) is 12.4 Å². The SMILES string of the molecule is Cl.O=C(O)C1(NCc2ccc(Cl)c(Cl)c2)CCCCC1. The molecule has 1 aliphatic carbocycles. The van der Waals surface area contributed by atoms with E-state index in [1.165, 1.54) is 0 Å². The first-order valence-electron chi connectivity index (χ1n) is 6.46. The van der Waals surface area contributed by atoms with Crippen LogP contribution in [0.4, 0.5) is 0 Å². The summed E-state index contributed by atoms with van der Waals surface area (Å²) in [6, 6.07) is 5.37. The van der Waals surface area contributed by atoms with E-state index >= 15 is 0 Å². The summed E-state index contributed by atoms with van der Waals surface area (Å²) in [5, 5.41) is 13.7. The highest BCUT2D eigenvalue weighted by Gasteiger charge is 2.38. The van der Waals surface area contributed by atoms with Crippen LogP contribution in [0.15, 0.2) is 18.2 Å². The second-order valence-electron chi connectivity index (χ2n) is 5.05. The van der Waals surface area contributed by atoms with Crippen molar-refractivity contribution in [2.75, 3.05) is 0 Å². The Morgan fingerprint density at radius 3 is 2.40 bits per heavy atom. The van der Waals surface area contributed by atoms with Gasteiger partial charge in [0.15, 0.2) is 0 Å². The van der Waals surface area contributed by atoms with Crippen LogP contribution in [0.1, 0.15) is 37.7 Å². The van der Waals surface area contributed by atoms with Gasteiger partial charge in [-0.3, -0.25) is 10.1 Å². The molecule has 1 aromatic carbocycles. The van der Waals surface area contributed by atoms with Crippen LogP contribution in [0.3, 0.4) is 0 Å². The summed E-state index contributed by atoms with van der Waals surface area (Å²) in [7, 11) is 0. The number of hydrogen-bond acceptors (Lipinski definition) is 2. The maximum atomic E-state index is 11.5. The van der Waals surface area contributed by atoms with Crippen LogP contribution in [0, 0.1) is 0 Å². The van der Waals surface area contributed by atoms with E-state index in [2.05, 4.69) is 5.32 Å². The minimum absolute atomic E-state index is 0. The minimum Gasteiger partial charge on any atom is -0.480 e. The summed E-state index contributed by atoms with van der Waals surface area (Å²) in [6.45, 7) is 0.489. The van der Waals surface area contributed by atoms with Crippen LogP contribution < -0.4 is 5.32 Å². The molecule has 1 saturated carbocycles.